The fourth-order valence-electron chi connectivity index (χ4n) is 3.69. The smallest absolute Gasteiger partial charge is 0.411 e. The number of Topliss-reactive ketones (excluding diaryl/α,β-unsaturated/α-hetero) is 1. The first-order valence-corrected chi connectivity index (χ1v) is 10.8. The lowest BCUT2D eigenvalue weighted by atomic mass is 10.0. The zero-order valence-corrected chi connectivity index (χ0v) is 19.1. The van der Waals surface area contributed by atoms with Crippen molar-refractivity contribution in [1.29, 1.82) is 0 Å². The van der Waals surface area contributed by atoms with Crippen molar-refractivity contribution in [3.8, 4) is 16.9 Å². The average Bonchev–Trinajstić information content (AvgIpc) is 3.14. The monoisotopic (exact) mass is 482 g/mol. The summed E-state index contributed by atoms with van der Waals surface area (Å²) in [6, 6.07) is 5.98. The maximum absolute atomic E-state index is 14.3. The van der Waals surface area contributed by atoms with Crippen molar-refractivity contribution in [3.63, 3.8) is 0 Å². The molecule has 3 rings (SSSR count). The third-order valence-corrected chi connectivity index (χ3v) is 5.18. The van der Waals surface area contributed by atoms with Crippen LogP contribution in [0.5, 0.6) is 5.75 Å². The third-order valence-electron chi connectivity index (χ3n) is 5.18. The Bertz CT molecular complexity index is 1020. The minimum Gasteiger partial charge on any atom is -0.444 e. The standard InChI is InChI=1S/C24H26F4N2O4/c1-24(2,3)34-23(32)30-13-15(25)10-20(30)21(31)9-6-16-11-18(19(26)12-29-16)14-4-7-17(8-5-14)33-22(27)28/h4-5,7-8,11-12,15,20,22H,6,9-10,13H2,1-3H3/t15-,20+/m1/s1. The minimum absolute atomic E-state index is 0.0318. The van der Waals surface area contributed by atoms with Gasteiger partial charge in [-0.3, -0.25) is 14.7 Å². The van der Waals surface area contributed by atoms with E-state index in [-0.39, 0.29) is 42.9 Å². The Kier molecular flexibility index (Phi) is 7.78. The Morgan fingerprint density at radius 1 is 1.21 bits per heavy atom. The molecule has 0 spiro atoms. The molecule has 0 aliphatic carbocycles. The molecule has 0 saturated carbocycles. The van der Waals surface area contributed by atoms with Crippen LogP contribution in [0.1, 0.15) is 39.3 Å². The summed E-state index contributed by atoms with van der Waals surface area (Å²) in [7, 11) is 0. The van der Waals surface area contributed by atoms with Crippen molar-refractivity contribution in [2.75, 3.05) is 6.54 Å². The van der Waals surface area contributed by atoms with Gasteiger partial charge in [-0.1, -0.05) is 12.1 Å². The number of alkyl halides is 3. The normalized spacial score (nSPS) is 18.3. The molecule has 0 unspecified atom stereocenters. The Hall–Kier alpha value is -3.17. The molecule has 2 aromatic rings. The van der Waals surface area contributed by atoms with E-state index in [9.17, 15) is 27.2 Å². The number of hydrogen-bond donors (Lipinski definition) is 0. The maximum atomic E-state index is 14.3. The molecule has 1 fully saturated rings. The van der Waals surface area contributed by atoms with Crippen LogP contribution >= 0.6 is 0 Å². The number of amides is 1. The molecule has 1 aromatic carbocycles. The Labute approximate surface area is 194 Å². The van der Waals surface area contributed by atoms with Gasteiger partial charge in [0.05, 0.1) is 18.8 Å². The fraction of sp³-hybridized carbons (Fsp3) is 0.458. The lowest BCUT2D eigenvalue weighted by Crippen LogP contribution is -2.43. The zero-order valence-electron chi connectivity index (χ0n) is 19.1. The summed E-state index contributed by atoms with van der Waals surface area (Å²) in [4.78, 5) is 30.3. The molecule has 0 radical (unpaired) electrons. The number of rotatable bonds is 7. The SMILES string of the molecule is CC(C)(C)OC(=O)N1C[C@H](F)C[C@H]1C(=O)CCc1cc(-c2ccc(OC(F)F)cc2)c(F)cn1. The number of ether oxygens (including phenoxy) is 2. The second-order valence-electron chi connectivity index (χ2n) is 9.01. The first kappa shape index (κ1) is 25.5. The van der Waals surface area contributed by atoms with Crippen LogP contribution in [0.15, 0.2) is 36.5 Å². The lowest BCUT2D eigenvalue weighted by molar-refractivity contribution is -0.123. The molecule has 2 atom stereocenters. The number of aryl methyl sites for hydroxylation is 1. The van der Waals surface area contributed by atoms with Gasteiger partial charge in [0, 0.05) is 24.1 Å². The van der Waals surface area contributed by atoms with Crippen LogP contribution in [-0.2, 0) is 16.0 Å². The van der Waals surface area contributed by atoms with Crippen molar-refractivity contribution >= 4 is 11.9 Å². The van der Waals surface area contributed by atoms with E-state index >= 15 is 0 Å². The van der Waals surface area contributed by atoms with Gasteiger partial charge in [-0.2, -0.15) is 8.78 Å². The van der Waals surface area contributed by atoms with Crippen LogP contribution in [0.25, 0.3) is 11.1 Å². The van der Waals surface area contributed by atoms with Crippen LogP contribution < -0.4 is 4.74 Å². The highest BCUT2D eigenvalue weighted by atomic mass is 19.3. The van der Waals surface area contributed by atoms with E-state index in [2.05, 4.69) is 9.72 Å². The Morgan fingerprint density at radius 3 is 2.50 bits per heavy atom. The molecule has 184 valence electrons. The van der Waals surface area contributed by atoms with Crippen LogP contribution in [0.2, 0.25) is 0 Å². The number of carbonyl (C=O) groups is 2. The van der Waals surface area contributed by atoms with Crippen molar-refractivity contribution in [2.24, 2.45) is 0 Å². The molecule has 10 heteroatoms. The molecule has 1 aliphatic heterocycles. The van der Waals surface area contributed by atoms with Crippen LogP contribution in [-0.4, -0.2) is 52.7 Å². The summed E-state index contributed by atoms with van der Waals surface area (Å²) >= 11 is 0. The topological polar surface area (TPSA) is 68.7 Å². The molecule has 0 N–H and O–H groups in total. The van der Waals surface area contributed by atoms with Gasteiger partial charge in [0.15, 0.2) is 5.78 Å². The molecular weight excluding hydrogens is 456 g/mol. The molecule has 0 bridgehead atoms. The molecular formula is C24H26F4N2O4. The van der Waals surface area contributed by atoms with Gasteiger partial charge in [0.2, 0.25) is 0 Å². The minimum atomic E-state index is -2.97. The number of aromatic nitrogens is 1. The summed E-state index contributed by atoms with van der Waals surface area (Å²) in [5.41, 5.74) is 0.232. The van der Waals surface area contributed by atoms with Gasteiger partial charge in [-0.25, -0.2) is 13.6 Å². The van der Waals surface area contributed by atoms with E-state index in [1.807, 2.05) is 0 Å². The number of pyridine rings is 1. The number of nitrogens with zero attached hydrogens (tertiary/aromatic N) is 2. The fourth-order valence-corrected chi connectivity index (χ4v) is 3.69. The Morgan fingerprint density at radius 2 is 1.88 bits per heavy atom. The van der Waals surface area contributed by atoms with Crippen molar-refractivity contribution in [3.05, 3.63) is 48.0 Å². The molecule has 1 aromatic heterocycles. The molecule has 2 heterocycles. The second kappa shape index (κ2) is 10.4. The number of carbonyl (C=O) groups excluding carboxylic acids is 2. The predicted molar refractivity (Wildman–Crippen MR) is 116 cm³/mol. The van der Waals surface area contributed by atoms with Gasteiger partial charge in [-0.05, 0) is 51.0 Å². The number of hydrogen-bond acceptors (Lipinski definition) is 5. The van der Waals surface area contributed by atoms with E-state index in [1.165, 1.54) is 30.3 Å². The first-order valence-electron chi connectivity index (χ1n) is 10.8. The number of halogens is 4. The number of benzene rings is 1. The van der Waals surface area contributed by atoms with Gasteiger partial charge >= 0.3 is 12.7 Å². The summed E-state index contributed by atoms with van der Waals surface area (Å²) in [5, 5.41) is 0. The van der Waals surface area contributed by atoms with Crippen LogP contribution in [0, 0.1) is 5.82 Å². The van der Waals surface area contributed by atoms with Gasteiger partial charge in [-0.15, -0.1) is 0 Å². The lowest BCUT2D eigenvalue weighted by Gasteiger charge is -2.27. The van der Waals surface area contributed by atoms with Crippen LogP contribution in [0.3, 0.4) is 0 Å². The number of ketones is 1. The highest BCUT2D eigenvalue weighted by Gasteiger charge is 2.41. The van der Waals surface area contributed by atoms with E-state index in [0.717, 1.165) is 11.1 Å². The maximum Gasteiger partial charge on any atom is 0.411 e. The van der Waals surface area contributed by atoms with E-state index in [4.69, 9.17) is 4.74 Å². The Balaban J connectivity index is 1.68. The van der Waals surface area contributed by atoms with E-state index in [1.54, 1.807) is 20.8 Å². The van der Waals surface area contributed by atoms with Crippen molar-refractivity contribution < 1.29 is 36.6 Å². The molecule has 34 heavy (non-hydrogen) atoms. The van der Waals surface area contributed by atoms with Gasteiger partial charge < -0.3 is 9.47 Å². The quantitative estimate of drug-likeness (QED) is 0.499. The van der Waals surface area contributed by atoms with Crippen molar-refractivity contribution in [1.82, 2.24) is 9.88 Å². The van der Waals surface area contributed by atoms with E-state index < -0.39 is 36.3 Å². The number of likely N-dealkylation sites (tertiary alicyclic amines) is 1. The van der Waals surface area contributed by atoms with Gasteiger partial charge in [0.25, 0.3) is 0 Å². The third kappa shape index (κ3) is 6.68. The van der Waals surface area contributed by atoms with Crippen LogP contribution in [0.4, 0.5) is 22.4 Å². The summed E-state index contributed by atoms with van der Waals surface area (Å²) in [6.45, 7) is 1.87. The molecule has 1 aliphatic rings. The zero-order chi connectivity index (χ0) is 25.0. The van der Waals surface area contributed by atoms with Crippen molar-refractivity contribution in [2.45, 2.75) is 64.5 Å². The predicted octanol–water partition coefficient (Wildman–Crippen LogP) is 5.34. The van der Waals surface area contributed by atoms with Gasteiger partial charge in [0.1, 0.15) is 23.3 Å². The second-order valence-corrected chi connectivity index (χ2v) is 9.01. The summed E-state index contributed by atoms with van der Waals surface area (Å²) < 4.78 is 62.6. The summed E-state index contributed by atoms with van der Waals surface area (Å²) in [6.07, 6.45) is -1.04. The molecule has 6 nitrogen and oxygen atoms in total. The highest BCUT2D eigenvalue weighted by Crippen LogP contribution is 2.28. The average molecular weight is 482 g/mol. The first-order chi connectivity index (χ1) is 15.9. The summed E-state index contributed by atoms with van der Waals surface area (Å²) in [5.74, 6) is -1.02. The molecule has 1 amide bonds. The highest BCUT2D eigenvalue weighted by molar-refractivity contribution is 5.88. The largest absolute Gasteiger partial charge is 0.444 e. The van der Waals surface area contributed by atoms with E-state index in [0.29, 0.717) is 11.3 Å². The molecule has 1 saturated heterocycles.